The van der Waals surface area contributed by atoms with Crippen LogP contribution in [0.15, 0.2) is 12.4 Å². The molecule has 8 heteroatoms. The van der Waals surface area contributed by atoms with E-state index >= 15 is 0 Å². The van der Waals surface area contributed by atoms with Crippen LogP contribution < -0.4 is 4.72 Å². The second kappa shape index (κ2) is 3.32. The van der Waals surface area contributed by atoms with E-state index in [1.165, 1.54) is 12.4 Å². The van der Waals surface area contributed by atoms with Gasteiger partial charge in [0.05, 0.1) is 18.6 Å². The number of carbonyl (C=O) groups excluding carboxylic acids is 1. The molecule has 0 amide bonds. The predicted octanol–water partition coefficient (Wildman–Crippen LogP) is -0.789. The molecular weight excluding hydrogens is 196 g/mol. The van der Waals surface area contributed by atoms with Crippen LogP contribution in [-0.2, 0) is 9.31 Å². The van der Waals surface area contributed by atoms with Crippen LogP contribution in [0.25, 0.3) is 0 Å². The largest absolute Gasteiger partial charge is 0.432 e. The standard InChI is InChI=1S/C7H7B2N3O3/c13-3-6-1-10-7(11-2-6)12(8-4-14-8)9-5-15-9/h1-3H,4-5H2. The molecule has 0 radical (unpaired) electrons. The molecule has 2 aliphatic heterocycles. The Bertz CT molecular complexity index is 368. The number of nitrogens with zero attached hydrogens (tertiary/aromatic N) is 3. The lowest BCUT2D eigenvalue weighted by Crippen LogP contribution is -2.38. The van der Waals surface area contributed by atoms with Gasteiger partial charge in [0.1, 0.15) is 0 Å². The summed E-state index contributed by atoms with van der Waals surface area (Å²) in [4.78, 5) is 18.6. The van der Waals surface area contributed by atoms with E-state index in [9.17, 15) is 4.79 Å². The molecule has 0 bridgehead atoms. The third-order valence-corrected chi connectivity index (χ3v) is 2.28. The first-order valence-electron chi connectivity index (χ1n) is 4.67. The quantitative estimate of drug-likeness (QED) is 0.362. The molecule has 1 aromatic heterocycles. The van der Waals surface area contributed by atoms with Gasteiger partial charge in [0.2, 0.25) is 5.95 Å². The van der Waals surface area contributed by atoms with Crippen molar-refractivity contribution in [3.63, 3.8) is 0 Å². The second-order valence-electron chi connectivity index (χ2n) is 3.42. The van der Waals surface area contributed by atoms with E-state index in [0.29, 0.717) is 24.5 Å². The molecule has 0 spiro atoms. The van der Waals surface area contributed by atoms with E-state index in [-0.39, 0.29) is 14.1 Å². The van der Waals surface area contributed by atoms with E-state index in [4.69, 9.17) is 9.31 Å². The summed E-state index contributed by atoms with van der Waals surface area (Å²) in [7, 11) is 0.0548. The summed E-state index contributed by atoms with van der Waals surface area (Å²) in [6.07, 6.45) is 3.70. The van der Waals surface area contributed by atoms with Gasteiger partial charge in [-0.05, 0) is 0 Å². The van der Waals surface area contributed by atoms with E-state index in [2.05, 4.69) is 9.97 Å². The van der Waals surface area contributed by atoms with Crippen molar-refractivity contribution in [1.82, 2.24) is 9.97 Å². The Morgan fingerprint density at radius 1 is 1.27 bits per heavy atom. The van der Waals surface area contributed by atoms with Gasteiger partial charge in [0.25, 0.3) is 0 Å². The zero-order chi connectivity index (χ0) is 10.3. The minimum Gasteiger partial charge on any atom is -0.418 e. The maximum Gasteiger partial charge on any atom is 0.432 e. The zero-order valence-electron chi connectivity index (χ0n) is 7.87. The molecule has 2 aliphatic rings. The van der Waals surface area contributed by atoms with Crippen LogP contribution in [0.5, 0.6) is 0 Å². The molecule has 0 aromatic carbocycles. The van der Waals surface area contributed by atoms with Gasteiger partial charge in [-0.3, -0.25) is 4.79 Å². The predicted molar refractivity (Wildman–Crippen MR) is 53.3 cm³/mol. The van der Waals surface area contributed by atoms with Crippen molar-refractivity contribution in [2.45, 2.75) is 0 Å². The summed E-state index contributed by atoms with van der Waals surface area (Å²) in [6.45, 7) is 1.36. The summed E-state index contributed by atoms with van der Waals surface area (Å²) in [5.74, 6) is 0.547. The van der Waals surface area contributed by atoms with Crippen molar-refractivity contribution < 1.29 is 14.1 Å². The molecule has 6 nitrogen and oxygen atoms in total. The van der Waals surface area contributed by atoms with Crippen molar-refractivity contribution in [2.75, 3.05) is 17.7 Å². The van der Waals surface area contributed by atoms with Crippen LogP contribution in [0.3, 0.4) is 0 Å². The molecule has 0 unspecified atom stereocenters. The maximum atomic E-state index is 10.4. The summed E-state index contributed by atoms with van der Waals surface area (Å²) in [5, 5.41) is 0. The first-order valence-corrected chi connectivity index (χ1v) is 4.67. The number of aromatic nitrogens is 2. The van der Waals surface area contributed by atoms with Gasteiger partial charge in [0.15, 0.2) is 6.29 Å². The highest BCUT2D eigenvalue weighted by Crippen LogP contribution is 2.23. The fraction of sp³-hybridized carbons (Fsp3) is 0.286. The monoisotopic (exact) mass is 203 g/mol. The summed E-state index contributed by atoms with van der Waals surface area (Å²) in [5.41, 5.74) is 0.465. The second-order valence-corrected chi connectivity index (χ2v) is 3.42. The molecule has 2 fully saturated rings. The molecule has 0 atom stereocenters. The Hall–Kier alpha value is -1.40. The molecule has 2 saturated heterocycles. The van der Waals surface area contributed by atoms with Crippen molar-refractivity contribution >= 4 is 26.3 Å². The molecule has 3 heterocycles. The third-order valence-electron chi connectivity index (χ3n) is 2.28. The van der Waals surface area contributed by atoms with Crippen LogP contribution in [0, 0.1) is 0 Å². The summed E-state index contributed by atoms with van der Waals surface area (Å²) < 4.78 is 12.2. The van der Waals surface area contributed by atoms with Gasteiger partial charge < -0.3 is 14.0 Å². The topological polar surface area (TPSA) is 71.2 Å². The molecule has 0 aliphatic carbocycles. The SMILES string of the molecule is O=Cc1cnc(N(B2CO2)B2CO2)nc1. The van der Waals surface area contributed by atoms with Crippen LogP contribution in [0.4, 0.5) is 5.95 Å². The molecular formula is C7H7B2N3O3. The molecule has 0 saturated carbocycles. The van der Waals surface area contributed by atoms with Crippen LogP contribution >= 0.6 is 0 Å². The Kier molecular flexibility index (Phi) is 1.96. The van der Waals surface area contributed by atoms with Gasteiger partial charge in [-0.25, -0.2) is 9.97 Å². The molecule has 0 N–H and O–H groups in total. The van der Waals surface area contributed by atoms with Crippen LogP contribution in [-0.4, -0.2) is 43.4 Å². The smallest absolute Gasteiger partial charge is 0.418 e. The van der Waals surface area contributed by atoms with E-state index in [1.807, 2.05) is 4.72 Å². The van der Waals surface area contributed by atoms with E-state index in [0.717, 1.165) is 6.29 Å². The lowest BCUT2D eigenvalue weighted by molar-refractivity contribution is 0.112. The lowest BCUT2D eigenvalue weighted by atomic mass is 9.77. The highest BCUT2D eigenvalue weighted by Gasteiger charge is 2.51. The first-order chi connectivity index (χ1) is 7.38. The highest BCUT2D eigenvalue weighted by molar-refractivity contribution is 6.84. The van der Waals surface area contributed by atoms with E-state index in [1.54, 1.807) is 0 Å². The van der Waals surface area contributed by atoms with Crippen molar-refractivity contribution in [1.29, 1.82) is 0 Å². The molecule has 74 valence electrons. The fourth-order valence-electron chi connectivity index (χ4n) is 1.38. The molecule has 15 heavy (non-hydrogen) atoms. The Labute approximate surface area is 86.9 Å². The average molecular weight is 203 g/mol. The maximum absolute atomic E-state index is 10.4. The van der Waals surface area contributed by atoms with Crippen molar-refractivity contribution in [3.8, 4) is 0 Å². The van der Waals surface area contributed by atoms with Crippen molar-refractivity contribution in [3.05, 3.63) is 18.0 Å². The summed E-state index contributed by atoms with van der Waals surface area (Å²) in [6, 6.07) is 0. The van der Waals surface area contributed by atoms with Gasteiger partial charge in [-0.2, -0.15) is 0 Å². The Morgan fingerprint density at radius 2 is 1.80 bits per heavy atom. The minimum absolute atomic E-state index is 0.0274. The lowest BCUT2D eigenvalue weighted by Gasteiger charge is -2.14. The molecule has 3 rings (SSSR count). The normalized spacial score (nSPS) is 17.6. The number of aldehydes is 1. The van der Waals surface area contributed by atoms with Crippen LogP contribution in [0.2, 0.25) is 0 Å². The fourth-order valence-corrected chi connectivity index (χ4v) is 1.38. The van der Waals surface area contributed by atoms with Gasteiger partial charge in [-0.15, -0.1) is 0 Å². The van der Waals surface area contributed by atoms with Crippen molar-refractivity contribution in [2.24, 2.45) is 0 Å². The number of hydrogen-bond donors (Lipinski definition) is 0. The third kappa shape index (κ3) is 1.73. The van der Waals surface area contributed by atoms with Crippen LogP contribution in [0.1, 0.15) is 10.4 Å². The van der Waals surface area contributed by atoms with E-state index < -0.39 is 0 Å². The number of anilines is 1. The number of hydrogen-bond acceptors (Lipinski definition) is 6. The Balaban J connectivity index is 1.85. The average Bonchev–Trinajstić information content (AvgIpc) is 3.14. The Morgan fingerprint density at radius 3 is 2.20 bits per heavy atom. The number of rotatable bonds is 4. The molecule has 1 aromatic rings. The number of carbonyl (C=O) groups is 1. The van der Waals surface area contributed by atoms with Gasteiger partial charge >= 0.3 is 14.1 Å². The highest BCUT2D eigenvalue weighted by atomic mass is 16.5. The zero-order valence-corrected chi connectivity index (χ0v) is 7.87. The summed E-state index contributed by atoms with van der Waals surface area (Å²) >= 11 is 0. The minimum atomic E-state index is 0.0274. The van der Waals surface area contributed by atoms with Gasteiger partial charge in [-0.1, -0.05) is 0 Å². The first kappa shape index (κ1) is 8.87. The van der Waals surface area contributed by atoms with Gasteiger partial charge in [0, 0.05) is 12.4 Å².